The van der Waals surface area contributed by atoms with Crippen molar-refractivity contribution in [2.45, 2.75) is 58.0 Å². The molecular formula is C21H29N3O3. The molecule has 2 unspecified atom stereocenters. The number of likely N-dealkylation sites (tertiary alicyclic amines) is 1. The summed E-state index contributed by atoms with van der Waals surface area (Å²) in [4.78, 5) is 38.6. The molecule has 1 aromatic carbocycles. The molecule has 146 valence electrons. The molecule has 6 heteroatoms. The highest BCUT2D eigenvalue weighted by atomic mass is 16.2. The summed E-state index contributed by atoms with van der Waals surface area (Å²) in [5.41, 5.74) is 2.05. The van der Waals surface area contributed by atoms with E-state index < -0.39 is 0 Å². The summed E-state index contributed by atoms with van der Waals surface area (Å²) >= 11 is 0. The molecule has 1 saturated carbocycles. The van der Waals surface area contributed by atoms with Gasteiger partial charge >= 0.3 is 0 Å². The summed E-state index contributed by atoms with van der Waals surface area (Å²) in [5.74, 6) is -0.221. The molecule has 1 aromatic rings. The minimum atomic E-state index is -0.351. The van der Waals surface area contributed by atoms with E-state index in [1.165, 1.54) is 6.92 Å². The van der Waals surface area contributed by atoms with Crippen molar-refractivity contribution in [3.8, 4) is 0 Å². The number of rotatable bonds is 6. The van der Waals surface area contributed by atoms with E-state index in [2.05, 4.69) is 10.6 Å². The van der Waals surface area contributed by atoms with Gasteiger partial charge in [-0.05, 0) is 38.2 Å². The van der Waals surface area contributed by atoms with Crippen LogP contribution < -0.4 is 10.6 Å². The maximum Gasteiger partial charge on any atom is 0.225 e. The molecule has 0 bridgehead atoms. The van der Waals surface area contributed by atoms with Gasteiger partial charge in [-0.3, -0.25) is 14.4 Å². The number of hydrogen-bond donors (Lipinski definition) is 2. The monoisotopic (exact) mass is 371 g/mol. The van der Waals surface area contributed by atoms with Crippen LogP contribution in [0.4, 0.5) is 0 Å². The van der Waals surface area contributed by atoms with Crippen LogP contribution in [0.1, 0.15) is 56.2 Å². The predicted octanol–water partition coefficient (Wildman–Crippen LogP) is 2.08. The normalized spacial score (nSPS) is 20.7. The molecule has 0 radical (unpaired) electrons. The molecule has 0 aromatic heterocycles. The fourth-order valence-corrected chi connectivity index (χ4v) is 3.56. The Morgan fingerprint density at radius 2 is 1.85 bits per heavy atom. The third-order valence-corrected chi connectivity index (χ3v) is 5.30. The molecule has 2 fully saturated rings. The van der Waals surface area contributed by atoms with E-state index in [1.807, 2.05) is 31.2 Å². The van der Waals surface area contributed by atoms with Crippen LogP contribution in [0.25, 0.3) is 0 Å². The van der Waals surface area contributed by atoms with Gasteiger partial charge in [0.2, 0.25) is 17.7 Å². The molecule has 1 saturated heterocycles. The quantitative estimate of drug-likeness (QED) is 0.804. The van der Waals surface area contributed by atoms with E-state index in [-0.39, 0.29) is 36.1 Å². The molecule has 2 atom stereocenters. The molecule has 3 rings (SSSR count). The fraction of sp³-hybridized carbons (Fsp3) is 0.571. The number of hydrogen-bond acceptors (Lipinski definition) is 3. The van der Waals surface area contributed by atoms with Crippen LogP contribution in [0.15, 0.2) is 24.3 Å². The standard InChI is InChI=1S/C21H29N3O3/c1-14-5-7-16(8-6-14)19(22-15(2)25)12-20(26)24-11-3-4-17(13-24)21(27)23-18-9-10-18/h5-8,17-19H,3-4,9-13H2,1-2H3,(H,22,25)(H,23,27). The Morgan fingerprint density at radius 3 is 2.48 bits per heavy atom. The summed E-state index contributed by atoms with van der Waals surface area (Å²) in [6.45, 7) is 4.61. The molecule has 1 aliphatic heterocycles. The van der Waals surface area contributed by atoms with Crippen molar-refractivity contribution in [1.82, 2.24) is 15.5 Å². The number of carbonyl (C=O) groups excluding carboxylic acids is 3. The first-order valence-electron chi connectivity index (χ1n) is 9.84. The summed E-state index contributed by atoms with van der Waals surface area (Å²) in [6, 6.07) is 7.85. The molecule has 1 heterocycles. The lowest BCUT2D eigenvalue weighted by molar-refractivity contribution is -0.136. The Balaban J connectivity index is 1.62. The van der Waals surface area contributed by atoms with Crippen LogP contribution in [-0.2, 0) is 14.4 Å². The second kappa shape index (κ2) is 8.55. The van der Waals surface area contributed by atoms with Gasteiger partial charge in [0, 0.05) is 26.1 Å². The van der Waals surface area contributed by atoms with Gasteiger partial charge in [0.05, 0.1) is 18.4 Å². The number of piperidine rings is 1. The third-order valence-electron chi connectivity index (χ3n) is 5.30. The van der Waals surface area contributed by atoms with Crippen LogP contribution in [0, 0.1) is 12.8 Å². The topological polar surface area (TPSA) is 78.5 Å². The van der Waals surface area contributed by atoms with Gasteiger partial charge in [0.1, 0.15) is 0 Å². The van der Waals surface area contributed by atoms with E-state index in [4.69, 9.17) is 0 Å². The van der Waals surface area contributed by atoms with Crippen molar-refractivity contribution in [3.05, 3.63) is 35.4 Å². The molecule has 2 aliphatic rings. The van der Waals surface area contributed by atoms with Crippen molar-refractivity contribution < 1.29 is 14.4 Å². The van der Waals surface area contributed by atoms with Gasteiger partial charge in [0.25, 0.3) is 0 Å². The lowest BCUT2D eigenvalue weighted by Crippen LogP contribution is -2.46. The summed E-state index contributed by atoms with van der Waals surface area (Å²) in [7, 11) is 0. The zero-order valence-electron chi connectivity index (χ0n) is 16.2. The van der Waals surface area contributed by atoms with Crippen LogP contribution in [-0.4, -0.2) is 41.8 Å². The maximum absolute atomic E-state index is 12.9. The Kier molecular flexibility index (Phi) is 6.14. The van der Waals surface area contributed by atoms with Crippen molar-refractivity contribution in [2.24, 2.45) is 5.92 Å². The minimum Gasteiger partial charge on any atom is -0.353 e. The first kappa shape index (κ1) is 19.4. The Morgan fingerprint density at radius 1 is 1.15 bits per heavy atom. The molecule has 2 N–H and O–H groups in total. The van der Waals surface area contributed by atoms with Crippen LogP contribution in [0.5, 0.6) is 0 Å². The second-order valence-electron chi connectivity index (χ2n) is 7.83. The molecule has 1 aliphatic carbocycles. The molecule has 3 amide bonds. The number of benzene rings is 1. The summed E-state index contributed by atoms with van der Waals surface area (Å²) in [6.07, 6.45) is 4.00. The highest BCUT2D eigenvalue weighted by Crippen LogP contribution is 2.24. The SMILES string of the molecule is CC(=O)NC(CC(=O)N1CCCC(C(=O)NC2CC2)C1)c1ccc(C)cc1. The predicted molar refractivity (Wildman–Crippen MR) is 103 cm³/mol. The van der Waals surface area contributed by atoms with Gasteiger partial charge in [-0.1, -0.05) is 29.8 Å². The van der Waals surface area contributed by atoms with Gasteiger partial charge in [-0.15, -0.1) is 0 Å². The number of amides is 3. The Hall–Kier alpha value is -2.37. The zero-order valence-corrected chi connectivity index (χ0v) is 16.2. The minimum absolute atomic E-state index is 0.0155. The van der Waals surface area contributed by atoms with Gasteiger partial charge in [-0.25, -0.2) is 0 Å². The molecule has 0 spiro atoms. The Bertz CT molecular complexity index is 697. The molecule has 27 heavy (non-hydrogen) atoms. The fourth-order valence-electron chi connectivity index (χ4n) is 3.56. The number of aryl methyl sites for hydroxylation is 1. The molecular weight excluding hydrogens is 342 g/mol. The first-order chi connectivity index (χ1) is 12.9. The number of nitrogens with one attached hydrogen (secondary N) is 2. The van der Waals surface area contributed by atoms with Crippen molar-refractivity contribution in [1.29, 1.82) is 0 Å². The summed E-state index contributed by atoms with van der Waals surface area (Å²) in [5, 5.41) is 5.94. The van der Waals surface area contributed by atoms with E-state index in [1.54, 1.807) is 4.90 Å². The van der Waals surface area contributed by atoms with Crippen LogP contribution in [0.2, 0.25) is 0 Å². The highest BCUT2D eigenvalue weighted by Gasteiger charge is 2.32. The number of nitrogens with zero attached hydrogens (tertiary/aromatic N) is 1. The molecule has 6 nitrogen and oxygen atoms in total. The average Bonchev–Trinajstić information content (AvgIpc) is 3.45. The smallest absolute Gasteiger partial charge is 0.225 e. The zero-order chi connectivity index (χ0) is 19.4. The lowest BCUT2D eigenvalue weighted by atomic mass is 9.95. The van der Waals surface area contributed by atoms with Crippen molar-refractivity contribution in [2.75, 3.05) is 13.1 Å². The average molecular weight is 371 g/mol. The van der Waals surface area contributed by atoms with Gasteiger partial charge < -0.3 is 15.5 Å². The van der Waals surface area contributed by atoms with Gasteiger partial charge in [-0.2, -0.15) is 0 Å². The largest absolute Gasteiger partial charge is 0.353 e. The van der Waals surface area contributed by atoms with Crippen LogP contribution in [0.3, 0.4) is 0 Å². The Labute approximate surface area is 160 Å². The van der Waals surface area contributed by atoms with E-state index >= 15 is 0 Å². The maximum atomic E-state index is 12.9. The highest BCUT2D eigenvalue weighted by molar-refractivity contribution is 5.82. The van der Waals surface area contributed by atoms with E-state index in [0.717, 1.165) is 36.8 Å². The van der Waals surface area contributed by atoms with E-state index in [0.29, 0.717) is 19.1 Å². The number of carbonyl (C=O) groups is 3. The van der Waals surface area contributed by atoms with Crippen molar-refractivity contribution in [3.63, 3.8) is 0 Å². The lowest BCUT2D eigenvalue weighted by Gasteiger charge is -2.33. The van der Waals surface area contributed by atoms with Gasteiger partial charge in [0.15, 0.2) is 0 Å². The van der Waals surface area contributed by atoms with Crippen molar-refractivity contribution >= 4 is 17.7 Å². The first-order valence-corrected chi connectivity index (χ1v) is 9.84. The van der Waals surface area contributed by atoms with Crippen LogP contribution >= 0.6 is 0 Å². The second-order valence-corrected chi connectivity index (χ2v) is 7.83. The third kappa shape index (κ3) is 5.55. The van der Waals surface area contributed by atoms with E-state index in [9.17, 15) is 14.4 Å². The summed E-state index contributed by atoms with van der Waals surface area (Å²) < 4.78 is 0.